The summed E-state index contributed by atoms with van der Waals surface area (Å²) in [5, 5.41) is 7.22. The number of hydrogen-bond donors (Lipinski definition) is 1. The Balaban J connectivity index is 1.49. The lowest BCUT2D eigenvalue weighted by Crippen LogP contribution is -2.33. The number of urea groups is 1. The molecular weight excluding hydrogens is 399 g/mol. The minimum atomic E-state index is -0.463. The lowest BCUT2D eigenvalue weighted by molar-refractivity contribution is 0.222. The third-order valence-corrected chi connectivity index (χ3v) is 4.39. The number of aromatic nitrogens is 2. The van der Waals surface area contributed by atoms with Crippen LogP contribution in [0.4, 0.5) is 14.9 Å². The van der Waals surface area contributed by atoms with Crippen molar-refractivity contribution in [1.29, 1.82) is 0 Å². The molecule has 0 aliphatic carbocycles. The summed E-state index contributed by atoms with van der Waals surface area (Å²) in [7, 11) is 1.66. The molecule has 0 saturated carbocycles. The highest BCUT2D eigenvalue weighted by Gasteiger charge is 2.13. The van der Waals surface area contributed by atoms with Crippen molar-refractivity contribution in [3.63, 3.8) is 0 Å². The van der Waals surface area contributed by atoms with Gasteiger partial charge in [-0.15, -0.1) is 0 Å². The lowest BCUT2D eigenvalue weighted by atomic mass is 10.2. The number of anilines is 1. The van der Waals surface area contributed by atoms with Gasteiger partial charge >= 0.3 is 6.03 Å². The first-order chi connectivity index (χ1) is 13.9. The second kappa shape index (κ2) is 9.38. The topological polar surface area (TPSA) is 80.5 Å². The van der Waals surface area contributed by atoms with Crippen LogP contribution in [0.15, 0.2) is 47.0 Å². The van der Waals surface area contributed by atoms with E-state index in [2.05, 4.69) is 15.5 Å². The molecule has 0 radical (unpaired) electrons. The molecule has 3 rings (SSSR count). The minimum absolute atomic E-state index is 0.0434. The molecule has 0 aliphatic rings. The summed E-state index contributed by atoms with van der Waals surface area (Å²) < 4.78 is 24.0. The molecule has 152 valence electrons. The number of rotatable bonds is 7. The number of nitrogens with zero attached hydrogens (tertiary/aromatic N) is 3. The van der Waals surface area contributed by atoms with Crippen LogP contribution < -0.4 is 10.1 Å². The van der Waals surface area contributed by atoms with Crippen molar-refractivity contribution in [2.24, 2.45) is 0 Å². The zero-order valence-electron chi connectivity index (χ0n) is 16.0. The highest BCUT2D eigenvalue weighted by atomic mass is 35.5. The van der Waals surface area contributed by atoms with E-state index in [-0.39, 0.29) is 24.3 Å². The number of halogens is 2. The number of para-hydroxylation sites is 1. The number of amides is 2. The number of hydrogen-bond acceptors (Lipinski definition) is 5. The number of aryl methyl sites for hydroxylation is 1. The van der Waals surface area contributed by atoms with Gasteiger partial charge < -0.3 is 19.5 Å². The standard InChI is InChI=1S/C20H20ClFN4O3/c1-13-7-8-14(21)11-16(13)23-20(27)26(2)10-9-18-24-19(29-25-18)12-28-17-6-4-3-5-15(17)22/h3-8,11H,9-10,12H2,1-2H3,(H,23,27). The number of nitrogens with one attached hydrogen (secondary N) is 1. The van der Waals surface area contributed by atoms with Gasteiger partial charge in [0.15, 0.2) is 24.0 Å². The Hall–Kier alpha value is -3.13. The largest absolute Gasteiger partial charge is 0.481 e. The highest BCUT2D eigenvalue weighted by molar-refractivity contribution is 6.31. The molecular formula is C20H20ClFN4O3. The van der Waals surface area contributed by atoms with Gasteiger partial charge in [0.05, 0.1) is 0 Å². The van der Waals surface area contributed by atoms with Crippen molar-refractivity contribution in [1.82, 2.24) is 15.0 Å². The molecule has 2 amide bonds. The molecule has 0 aliphatic heterocycles. The van der Waals surface area contributed by atoms with Crippen LogP contribution in [0.5, 0.6) is 5.75 Å². The van der Waals surface area contributed by atoms with Crippen molar-refractivity contribution in [3.8, 4) is 5.75 Å². The van der Waals surface area contributed by atoms with Crippen molar-refractivity contribution < 1.29 is 18.4 Å². The van der Waals surface area contributed by atoms with Gasteiger partial charge in [0.1, 0.15) is 0 Å². The summed E-state index contributed by atoms with van der Waals surface area (Å²) in [5.74, 6) is 0.301. The number of carbonyl (C=O) groups excluding carboxylic acids is 1. The van der Waals surface area contributed by atoms with Crippen LogP contribution >= 0.6 is 11.6 Å². The first kappa shape index (κ1) is 20.6. The number of ether oxygens (including phenoxy) is 1. The summed E-state index contributed by atoms with van der Waals surface area (Å²) >= 11 is 5.97. The predicted molar refractivity (Wildman–Crippen MR) is 107 cm³/mol. The van der Waals surface area contributed by atoms with Crippen LogP contribution in [0, 0.1) is 12.7 Å². The Morgan fingerprint density at radius 2 is 2.10 bits per heavy atom. The first-order valence-electron chi connectivity index (χ1n) is 8.89. The maximum absolute atomic E-state index is 13.5. The SMILES string of the molecule is Cc1ccc(Cl)cc1NC(=O)N(C)CCc1noc(COc2ccccc2F)n1. The van der Waals surface area contributed by atoms with E-state index in [0.29, 0.717) is 29.5 Å². The van der Waals surface area contributed by atoms with E-state index in [1.807, 2.05) is 13.0 Å². The van der Waals surface area contributed by atoms with E-state index >= 15 is 0 Å². The number of benzene rings is 2. The average Bonchev–Trinajstić information content (AvgIpc) is 3.16. The van der Waals surface area contributed by atoms with Crippen LogP contribution in [0.3, 0.4) is 0 Å². The Labute approximate surface area is 172 Å². The minimum Gasteiger partial charge on any atom is -0.481 e. The van der Waals surface area contributed by atoms with Crippen LogP contribution in [-0.4, -0.2) is 34.7 Å². The second-order valence-electron chi connectivity index (χ2n) is 6.38. The fourth-order valence-corrected chi connectivity index (χ4v) is 2.63. The molecule has 0 atom stereocenters. The Morgan fingerprint density at radius 1 is 1.31 bits per heavy atom. The lowest BCUT2D eigenvalue weighted by Gasteiger charge is -2.18. The van der Waals surface area contributed by atoms with E-state index in [0.717, 1.165) is 5.56 Å². The monoisotopic (exact) mass is 418 g/mol. The van der Waals surface area contributed by atoms with Crippen LogP contribution in [-0.2, 0) is 13.0 Å². The number of carbonyl (C=O) groups is 1. The van der Waals surface area contributed by atoms with Crippen molar-refractivity contribution >= 4 is 23.3 Å². The van der Waals surface area contributed by atoms with Gasteiger partial charge in [0.2, 0.25) is 0 Å². The molecule has 1 heterocycles. The van der Waals surface area contributed by atoms with E-state index in [1.54, 1.807) is 31.3 Å². The quantitative estimate of drug-likeness (QED) is 0.612. The summed E-state index contributed by atoms with van der Waals surface area (Å²) in [6.45, 7) is 2.22. The van der Waals surface area contributed by atoms with E-state index in [1.165, 1.54) is 17.0 Å². The fourth-order valence-electron chi connectivity index (χ4n) is 2.46. The molecule has 1 N–H and O–H groups in total. The van der Waals surface area contributed by atoms with Crippen molar-refractivity contribution in [2.45, 2.75) is 20.0 Å². The normalized spacial score (nSPS) is 10.6. The van der Waals surface area contributed by atoms with Crippen LogP contribution in [0.25, 0.3) is 0 Å². The molecule has 0 unspecified atom stereocenters. The molecule has 1 aromatic heterocycles. The smallest absolute Gasteiger partial charge is 0.321 e. The van der Waals surface area contributed by atoms with Gasteiger partial charge in [-0.3, -0.25) is 0 Å². The van der Waals surface area contributed by atoms with Crippen LogP contribution in [0.2, 0.25) is 5.02 Å². The molecule has 2 aromatic carbocycles. The fraction of sp³-hybridized carbons (Fsp3) is 0.250. The number of likely N-dealkylation sites (N-methyl/N-ethyl adjacent to an activating group) is 1. The maximum atomic E-state index is 13.5. The first-order valence-corrected chi connectivity index (χ1v) is 9.27. The van der Waals surface area contributed by atoms with Gasteiger partial charge in [-0.1, -0.05) is 35.0 Å². The van der Waals surface area contributed by atoms with Gasteiger partial charge in [-0.25, -0.2) is 9.18 Å². The molecule has 0 fully saturated rings. The molecule has 7 nitrogen and oxygen atoms in total. The molecule has 0 bridgehead atoms. The Morgan fingerprint density at radius 3 is 2.90 bits per heavy atom. The Bertz CT molecular complexity index is 995. The van der Waals surface area contributed by atoms with Gasteiger partial charge in [-0.05, 0) is 36.8 Å². The third-order valence-electron chi connectivity index (χ3n) is 4.16. The molecule has 3 aromatic rings. The summed E-state index contributed by atoms with van der Waals surface area (Å²) in [6.07, 6.45) is 0.391. The third kappa shape index (κ3) is 5.68. The van der Waals surface area contributed by atoms with Gasteiger partial charge in [0.25, 0.3) is 5.89 Å². The Kier molecular flexibility index (Phi) is 6.66. The average molecular weight is 419 g/mol. The van der Waals surface area contributed by atoms with E-state index < -0.39 is 5.82 Å². The van der Waals surface area contributed by atoms with Crippen molar-refractivity contribution in [3.05, 3.63) is 70.6 Å². The van der Waals surface area contributed by atoms with Gasteiger partial charge in [-0.2, -0.15) is 4.98 Å². The van der Waals surface area contributed by atoms with E-state index in [9.17, 15) is 9.18 Å². The van der Waals surface area contributed by atoms with E-state index in [4.69, 9.17) is 20.9 Å². The van der Waals surface area contributed by atoms with Gasteiger partial charge in [0, 0.05) is 30.7 Å². The zero-order chi connectivity index (χ0) is 20.8. The highest BCUT2D eigenvalue weighted by Crippen LogP contribution is 2.20. The maximum Gasteiger partial charge on any atom is 0.321 e. The summed E-state index contributed by atoms with van der Waals surface area (Å²) in [5.41, 5.74) is 1.57. The molecule has 9 heteroatoms. The molecule has 0 saturated heterocycles. The predicted octanol–water partition coefficient (Wildman–Crippen LogP) is 4.46. The molecule has 0 spiro atoms. The van der Waals surface area contributed by atoms with Crippen molar-refractivity contribution in [2.75, 3.05) is 18.9 Å². The van der Waals surface area contributed by atoms with Crippen LogP contribution in [0.1, 0.15) is 17.3 Å². The summed E-state index contributed by atoms with van der Waals surface area (Å²) in [4.78, 5) is 18.0. The molecule has 29 heavy (non-hydrogen) atoms. The second-order valence-corrected chi connectivity index (χ2v) is 6.82. The summed E-state index contributed by atoms with van der Waals surface area (Å²) in [6, 6.07) is 11.1. The zero-order valence-corrected chi connectivity index (χ0v) is 16.7.